The number of benzene rings is 2. The summed E-state index contributed by atoms with van der Waals surface area (Å²) in [5, 5.41) is 7.65. The number of carbonyl (C=O) groups excluding carboxylic acids is 2. The summed E-state index contributed by atoms with van der Waals surface area (Å²) in [6.07, 6.45) is 0.252. The molecule has 7 nitrogen and oxygen atoms in total. The smallest absolute Gasteiger partial charge is 0.237 e. The average molecular weight is 422 g/mol. The van der Waals surface area contributed by atoms with Crippen molar-refractivity contribution >= 4 is 51.7 Å². The Morgan fingerprint density at radius 3 is 2.80 bits per heavy atom. The number of hydrogen-bond acceptors (Lipinski definition) is 6. The monoisotopic (exact) mass is 421 g/mol. The quantitative estimate of drug-likeness (QED) is 0.480. The van der Waals surface area contributed by atoms with E-state index in [2.05, 4.69) is 20.6 Å². The van der Waals surface area contributed by atoms with E-state index < -0.39 is 0 Å². The van der Waals surface area contributed by atoms with Crippen LogP contribution in [0.15, 0.2) is 53.7 Å². The number of aromatic nitrogens is 2. The molecule has 2 amide bonds. The van der Waals surface area contributed by atoms with Gasteiger partial charge in [0.2, 0.25) is 11.8 Å². The van der Waals surface area contributed by atoms with Crippen molar-refractivity contribution in [3.8, 4) is 0 Å². The van der Waals surface area contributed by atoms with Crippen molar-refractivity contribution in [1.29, 1.82) is 0 Å². The largest absolute Gasteiger partial charge is 0.370 e. The van der Waals surface area contributed by atoms with Gasteiger partial charge in [-0.15, -0.1) is 0 Å². The molecule has 1 aliphatic rings. The fourth-order valence-corrected chi connectivity index (χ4v) is 4.30. The molecule has 1 aromatic heterocycles. The second kappa shape index (κ2) is 8.71. The van der Waals surface area contributed by atoms with Crippen molar-refractivity contribution in [2.45, 2.75) is 31.5 Å². The van der Waals surface area contributed by atoms with Crippen LogP contribution in [0.5, 0.6) is 0 Å². The molecule has 0 fully saturated rings. The molecule has 154 valence electrons. The molecule has 0 spiro atoms. The van der Waals surface area contributed by atoms with E-state index in [4.69, 9.17) is 0 Å². The summed E-state index contributed by atoms with van der Waals surface area (Å²) in [6.45, 7) is 4.65. The topological polar surface area (TPSA) is 87.2 Å². The maximum Gasteiger partial charge on any atom is 0.237 e. The van der Waals surface area contributed by atoms with Gasteiger partial charge in [0.25, 0.3) is 0 Å². The molecule has 0 saturated heterocycles. The Morgan fingerprint density at radius 2 is 1.97 bits per heavy atom. The highest BCUT2D eigenvalue weighted by Crippen LogP contribution is 2.32. The van der Waals surface area contributed by atoms with Gasteiger partial charge < -0.3 is 15.5 Å². The predicted molar refractivity (Wildman–Crippen MR) is 121 cm³/mol. The lowest BCUT2D eigenvalue weighted by Gasteiger charge is -2.27. The molecule has 30 heavy (non-hydrogen) atoms. The Hall–Kier alpha value is -3.13. The highest BCUT2D eigenvalue weighted by molar-refractivity contribution is 7.99. The van der Waals surface area contributed by atoms with Crippen LogP contribution in [0.25, 0.3) is 10.9 Å². The molecule has 2 N–H and O–H groups in total. The van der Waals surface area contributed by atoms with E-state index in [0.717, 1.165) is 23.3 Å². The van der Waals surface area contributed by atoms with E-state index in [0.29, 0.717) is 16.5 Å². The van der Waals surface area contributed by atoms with Gasteiger partial charge in [-0.2, -0.15) is 0 Å². The Kier molecular flexibility index (Phi) is 5.85. The van der Waals surface area contributed by atoms with Gasteiger partial charge in [-0.3, -0.25) is 9.59 Å². The van der Waals surface area contributed by atoms with Gasteiger partial charge in [0.1, 0.15) is 5.82 Å². The first kappa shape index (κ1) is 20.2. The minimum Gasteiger partial charge on any atom is -0.370 e. The molecule has 0 aliphatic carbocycles. The zero-order chi connectivity index (χ0) is 21.1. The maximum absolute atomic E-state index is 13.2. The number of fused-ring (bicyclic) bond motifs is 2. The number of anilines is 3. The van der Waals surface area contributed by atoms with E-state index in [1.54, 1.807) is 4.90 Å². The van der Waals surface area contributed by atoms with Crippen molar-refractivity contribution < 1.29 is 9.59 Å². The number of amides is 2. The first-order valence-electron chi connectivity index (χ1n) is 9.91. The molecular formula is C22H23N5O2S. The lowest BCUT2D eigenvalue weighted by Crippen LogP contribution is -2.40. The Morgan fingerprint density at radius 1 is 1.20 bits per heavy atom. The summed E-state index contributed by atoms with van der Waals surface area (Å²) < 4.78 is 0. The minimum atomic E-state index is -0.239. The van der Waals surface area contributed by atoms with Crippen LogP contribution in [0.3, 0.4) is 0 Å². The van der Waals surface area contributed by atoms with Crippen molar-refractivity contribution in [1.82, 2.24) is 9.97 Å². The highest BCUT2D eigenvalue weighted by atomic mass is 32.2. The third kappa shape index (κ3) is 4.09. The van der Waals surface area contributed by atoms with Crippen LogP contribution in [0.1, 0.15) is 20.3 Å². The van der Waals surface area contributed by atoms with Gasteiger partial charge in [0.05, 0.1) is 22.6 Å². The third-order valence-corrected chi connectivity index (χ3v) is 5.71. The van der Waals surface area contributed by atoms with Gasteiger partial charge in [-0.05, 0) is 38.1 Å². The minimum absolute atomic E-state index is 0.0850. The van der Waals surface area contributed by atoms with E-state index in [1.165, 1.54) is 11.8 Å². The molecule has 0 saturated carbocycles. The number of nitrogens with zero attached hydrogens (tertiary/aromatic N) is 3. The van der Waals surface area contributed by atoms with Crippen molar-refractivity contribution in [3.05, 3.63) is 48.5 Å². The fraction of sp³-hybridized carbons (Fsp3) is 0.273. The van der Waals surface area contributed by atoms with Crippen LogP contribution in [0.4, 0.5) is 17.2 Å². The van der Waals surface area contributed by atoms with Crippen LogP contribution in [0, 0.1) is 0 Å². The summed E-state index contributed by atoms with van der Waals surface area (Å²) in [6, 6.07) is 14.9. The number of nitrogens with one attached hydrogen (secondary N) is 2. The summed E-state index contributed by atoms with van der Waals surface area (Å²) in [5.74, 6) is 0.766. The summed E-state index contributed by atoms with van der Waals surface area (Å²) >= 11 is 1.30. The first-order chi connectivity index (χ1) is 14.6. The van der Waals surface area contributed by atoms with Crippen molar-refractivity contribution in [3.63, 3.8) is 0 Å². The van der Waals surface area contributed by atoms with Crippen LogP contribution in [-0.2, 0) is 9.59 Å². The molecule has 0 radical (unpaired) electrons. The van der Waals surface area contributed by atoms with Crippen LogP contribution < -0.4 is 15.5 Å². The number of thioether (sulfide) groups is 1. The van der Waals surface area contributed by atoms with Crippen LogP contribution in [0.2, 0.25) is 0 Å². The molecule has 0 bridgehead atoms. The Labute approximate surface area is 179 Å². The van der Waals surface area contributed by atoms with Crippen molar-refractivity contribution in [2.75, 3.05) is 27.8 Å². The Bertz CT molecular complexity index is 1100. The predicted octanol–water partition coefficient (Wildman–Crippen LogP) is 3.92. The van der Waals surface area contributed by atoms with Gasteiger partial charge in [-0.25, -0.2) is 9.97 Å². The summed E-state index contributed by atoms with van der Waals surface area (Å²) in [7, 11) is 0. The molecule has 2 heterocycles. The fourth-order valence-electron chi connectivity index (χ4n) is 3.59. The van der Waals surface area contributed by atoms with Gasteiger partial charge in [-0.1, -0.05) is 36.0 Å². The zero-order valence-electron chi connectivity index (χ0n) is 16.9. The molecule has 2 aromatic carbocycles. The number of carbonyl (C=O) groups is 2. The lowest BCUT2D eigenvalue weighted by atomic mass is 10.2. The molecular weight excluding hydrogens is 398 g/mol. The molecule has 1 atom stereocenters. The summed E-state index contributed by atoms with van der Waals surface area (Å²) in [5.41, 5.74) is 2.21. The third-order valence-electron chi connectivity index (χ3n) is 4.88. The van der Waals surface area contributed by atoms with E-state index in [9.17, 15) is 9.59 Å². The maximum atomic E-state index is 13.2. The summed E-state index contributed by atoms with van der Waals surface area (Å²) in [4.78, 5) is 36.2. The number of para-hydroxylation sites is 3. The second-order valence-electron chi connectivity index (χ2n) is 7.07. The molecule has 1 aliphatic heterocycles. The molecule has 0 unspecified atom stereocenters. The molecule has 4 rings (SSSR count). The highest BCUT2D eigenvalue weighted by Gasteiger charge is 2.29. The van der Waals surface area contributed by atoms with E-state index >= 15 is 0 Å². The van der Waals surface area contributed by atoms with Crippen molar-refractivity contribution in [2.24, 2.45) is 0 Å². The molecule has 8 heteroatoms. The zero-order valence-corrected chi connectivity index (χ0v) is 17.7. The standard InChI is InChI=1S/C22H23N5O2S/c1-3-23-21-15-8-4-5-9-16(15)25-22(26-21)30-13-20(29)27-14(2)12-19(28)24-17-10-6-7-11-18(17)27/h4-11,14H,3,12-13H2,1-2H3,(H,24,28)(H,23,25,26)/t14-/m1/s1. The first-order valence-corrected chi connectivity index (χ1v) is 10.9. The van der Waals surface area contributed by atoms with E-state index in [1.807, 2.05) is 62.4 Å². The van der Waals surface area contributed by atoms with Crippen LogP contribution >= 0.6 is 11.8 Å². The van der Waals surface area contributed by atoms with Crippen LogP contribution in [-0.4, -0.2) is 40.1 Å². The second-order valence-corrected chi connectivity index (χ2v) is 8.02. The lowest BCUT2D eigenvalue weighted by molar-refractivity contribution is -0.117. The van der Waals surface area contributed by atoms with Gasteiger partial charge >= 0.3 is 0 Å². The SMILES string of the molecule is CCNc1nc(SCC(=O)N2c3ccccc3NC(=O)C[C@H]2C)nc2ccccc12. The Balaban J connectivity index is 1.58. The van der Waals surface area contributed by atoms with Gasteiger partial charge in [0.15, 0.2) is 5.16 Å². The molecule has 3 aromatic rings. The number of hydrogen-bond donors (Lipinski definition) is 2. The normalized spacial score (nSPS) is 16.0. The number of rotatable bonds is 5. The van der Waals surface area contributed by atoms with Gasteiger partial charge in [0, 0.05) is 24.4 Å². The average Bonchev–Trinajstić information content (AvgIpc) is 2.86. The van der Waals surface area contributed by atoms with E-state index in [-0.39, 0.29) is 30.0 Å².